The molecule has 0 spiro atoms. The molecule has 2 aromatic heterocycles. The highest BCUT2D eigenvalue weighted by atomic mass is 19.1. The van der Waals surface area contributed by atoms with Crippen molar-refractivity contribution in [1.82, 2.24) is 19.9 Å². The summed E-state index contributed by atoms with van der Waals surface area (Å²) in [5.41, 5.74) is 3.28. The van der Waals surface area contributed by atoms with Crippen LogP contribution in [-0.2, 0) is 11.2 Å². The maximum atomic E-state index is 16.6. The predicted octanol–water partition coefficient (Wildman–Crippen LogP) is 3.38. The van der Waals surface area contributed by atoms with Gasteiger partial charge in [-0.15, -0.1) is 0 Å². The number of pyridine rings is 1. The normalized spacial score (nSPS) is 22.8. The number of halogens is 3. The van der Waals surface area contributed by atoms with Crippen LogP contribution in [0.3, 0.4) is 0 Å². The van der Waals surface area contributed by atoms with E-state index in [1.54, 1.807) is 11.8 Å². The van der Waals surface area contributed by atoms with Crippen LogP contribution < -0.4 is 15.4 Å². The molecule has 3 aliphatic rings. The van der Waals surface area contributed by atoms with Gasteiger partial charge in [0.2, 0.25) is 0 Å². The summed E-state index contributed by atoms with van der Waals surface area (Å²) in [6.07, 6.45) is 2.67. The number of hydrogen-bond donors (Lipinski definition) is 3. The van der Waals surface area contributed by atoms with Crippen LogP contribution in [0.4, 0.5) is 19.0 Å². The number of hydrogen-bond acceptors (Lipinski definition) is 9. The second-order valence-electron chi connectivity index (χ2n) is 12.1. The van der Waals surface area contributed by atoms with E-state index in [9.17, 15) is 23.8 Å². The maximum Gasteiger partial charge on any atom is 0.319 e. The van der Waals surface area contributed by atoms with E-state index in [4.69, 9.17) is 10.5 Å². The van der Waals surface area contributed by atoms with Crippen LogP contribution in [0.1, 0.15) is 31.7 Å². The van der Waals surface area contributed by atoms with Gasteiger partial charge in [-0.25, -0.2) is 13.2 Å². The summed E-state index contributed by atoms with van der Waals surface area (Å²) in [6, 6.07) is 5.46. The fourth-order valence-electron chi connectivity index (χ4n) is 7.09. The quantitative estimate of drug-likeness (QED) is 0.288. The Morgan fingerprint density at radius 1 is 1.23 bits per heavy atom. The number of aryl methyl sites for hydroxylation is 1. The van der Waals surface area contributed by atoms with E-state index in [1.165, 1.54) is 30.5 Å². The van der Waals surface area contributed by atoms with Gasteiger partial charge in [-0.1, -0.05) is 13.0 Å². The molecule has 4 N–H and O–H groups in total. The number of benzene rings is 2. The van der Waals surface area contributed by atoms with Crippen LogP contribution in [0, 0.1) is 11.6 Å². The van der Waals surface area contributed by atoms with Gasteiger partial charge in [0.05, 0.1) is 24.0 Å². The molecular formula is C31H31F3N6O4. The number of nitrogens with zero attached hydrogens (tertiary/aromatic N) is 5. The van der Waals surface area contributed by atoms with Gasteiger partial charge >= 0.3 is 6.01 Å². The molecule has 1 amide bonds. The minimum atomic E-state index is -1.78. The highest BCUT2D eigenvalue weighted by Gasteiger charge is 2.50. The maximum absolute atomic E-state index is 16.6. The summed E-state index contributed by atoms with van der Waals surface area (Å²) in [7, 11) is 0. The van der Waals surface area contributed by atoms with Crippen molar-refractivity contribution in [3.05, 3.63) is 47.7 Å². The van der Waals surface area contributed by atoms with Gasteiger partial charge in [-0.2, -0.15) is 9.97 Å². The van der Waals surface area contributed by atoms with Gasteiger partial charge in [0.1, 0.15) is 41.4 Å². The van der Waals surface area contributed by atoms with Gasteiger partial charge < -0.3 is 25.6 Å². The Balaban J connectivity index is 1.36. The van der Waals surface area contributed by atoms with Gasteiger partial charge in [-0.3, -0.25) is 14.7 Å². The summed E-state index contributed by atoms with van der Waals surface area (Å²) in [5.74, 6) is -2.19. The molecule has 0 radical (unpaired) electrons. The fourth-order valence-corrected chi connectivity index (χ4v) is 7.09. The van der Waals surface area contributed by atoms with Gasteiger partial charge in [0.25, 0.3) is 5.91 Å². The summed E-state index contributed by atoms with van der Waals surface area (Å²) >= 11 is 0. The zero-order valence-corrected chi connectivity index (χ0v) is 24.0. The summed E-state index contributed by atoms with van der Waals surface area (Å²) in [6.45, 7) is 2.59. The van der Waals surface area contributed by atoms with Crippen molar-refractivity contribution in [3.8, 4) is 23.0 Å². The average Bonchev–Trinajstić information content (AvgIpc) is 3.50. The standard InChI is InChI=1S/C31H31F3N6O4/c1-2-19-22(33)5-4-16-8-18(41)9-20(23(16)19)25-24(34)26-21(11-36-25)27(39-13-31(43,14-39)28(35)42)38-29(37-26)44-15-30-6-3-7-40(30)12-17(32)10-30/h4-5,8-9,11,17,41,43H,2-3,6-7,10,12-15H2,1H3,(H2,35,42)/t17-,30+/m1/s1. The summed E-state index contributed by atoms with van der Waals surface area (Å²) < 4.78 is 51.9. The third-order valence-corrected chi connectivity index (χ3v) is 9.30. The second kappa shape index (κ2) is 10.2. The molecular weight excluding hydrogens is 577 g/mol. The van der Waals surface area contributed by atoms with E-state index in [0.717, 1.165) is 19.4 Å². The molecule has 13 heteroatoms. The number of aromatic nitrogens is 3. The lowest BCUT2D eigenvalue weighted by Gasteiger charge is -2.45. The van der Waals surface area contributed by atoms with Crippen LogP contribution in [0.15, 0.2) is 30.5 Å². The first kappa shape index (κ1) is 28.5. The number of aliphatic hydroxyl groups is 1. The van der Waals surface area contributed by atoms with Crippen molar-refractivity contribution in [3.63, 3.8) is 0 Å². The average molecular weight is 609 g/mol. The van der Waals surface area contributed by atoms with Crippen molar-refractivity contribution >= 4 is 33.4 Å². The van der Waals surface area contributed by atoms with Crippen LogP contribution in [0.5, 0.6) is 11.8 Å². The fraction of sp³-hybridized carbons (Fsp3) is 0.419. The number of aromatic hydroxyl groups is 1. The van der Waals surface area contributed by atoms with Crippen molar-refractivity contribution in [2.24, 2.45) is 5.73 Å². The summed E-state index contributed by atoms with van der Waals surface area (Å²) in [5, 5.41) is 22.1. The highest BCUT2D eigenvalue weighted by Crippen LogP contribution is 2.42. The Kier molecular flexibility index (Phi) is 6.59. The van der Waals surface area contributed by atoms with E-state index in [2.05, 4.69) is 19.9 Å². The third kappa shape index (κ3) is 4.40. The first-order valence-electron chi connectivity index (χ1n) is 14.6. The number of carbonyl (C=O) groups is 1. The molecule has 2 atom stereocenters. The van der Waals surface area contributed by atoms with Crippen LogP contribution >= 0.6 is 0 Å². The molecule has 0 aliphatic carbocycles. The zero-order valence-electron chi connectivity index (χ0n) is 24.0. The number of phenols is 1. The molecule has 4 aromatic rings. The van der Waals surface area contributed by atoms with E-state index in [0.29, 0.717) is 35.7 Å². The molecule has 230 valence electrons. The SMILES string of the molecule is CCc1c(F)ccc2cc(O)cc(-c3ncc4c(N5CC(O)(C(N)=O)C5)nc(OC[C@@]56CCCN5C[C@H](F)C6)nc4c3F)c12. The number of amides is 1. The number of nitrogens with two attached hydrogens (primary N) is 1. The number of rotatable bonds is 7. The van der Waals surface area contributed by atoms with Gasteiger partial charge in [0, 0.05) is 24.7 Å². The van der Waals surface area contributed by atoms with E-state index in [-0.39, 0.29) is 59.4 Å². The Morgan fingerprint density at radius 2 is 2.02 bits per heavy atom. The first-order valence-corrected chi connectivity index (χ1v) is 14.6. The number of alkyl halides is 1. The minimum absolute atomic E-state index is 0.0967. The van der Waals surface area contributed by atoms with Crippen LogP contribution in [-0.4, -0.2) is 86.1 Å². The third-order valence-electron chi connectivity index (χ3n) is 9.30. The van der Waals surface area contributed by atoms with Crippen LogP contribution in [0.25, 0.3) is 32.9 Å². The van der Waals surface area contributed by atoms with E-state index < -0.39 is 34.9 Å². The molecule has 2 aromatic carbocycles. The topological polar surface area (TPSA) is 138 Å². The number of carbonyl (C=O) groups excluding carboxylic acids is 1. The van der Waals surface area contributed by atoms with Crippen molar-refractivity contribution in [2.45, 2.75) is 49.9 Å². The second-order valence-corrected chi connectivity index (χ2v) is 12.1. The van der Waals surface area contributed by atoms with Gasteiger partial charge in [0.15, 0.2) is 11.4 Å². The molecule has 3 saturated heterocycles. The molecule has 3 aliphatic heterocycles. The van der Waals surface area contributed by atoms with Crippen LogP contribution in [0.2, 0.25) is 0 Å². The first-order chi connectivity index (χ1) is 21.0. The molecule has 10 nitrogen and oxygen atoms in total. The van der Waals surface area contributed by atoms with Crippen molar-refractivity contribution in [1.29, 1.82) is 0 Å². The number of ether oxygens (including phenoxy) is 1. The van der Waals surface area contributed by atoms with Gasteiger partial charge in [-0.05, 0) is 60.3 Å². The summed E-state index contributed by atoms with van der Waals surface area (Å²) in [4.78, 5) is 28.7. The van der Waals surface area contributed by atoms with E-state index in [1.807, 2.05) is 0 Å². The van der Waals surface area contributed by atoms with Crippen molar-refractivity contribution in [2.75, 3.05) is 37.7 Å². The molecule has 0 unspecified atom stereocenters. The number of anilines is 1. The lowest BCUT2D eigenvalue weighted by atomic mass is 9.93. The monoisotopic (exact) mass is 608 g/mol. The Hall–Kier alpha value is -4.23. The molecule has 3 fully saturated rings. The van der Waals surface area contributed by atoms with Crippen molar-refractivity contribution < 1.29 is 32.9 Å². The molecule has 7 rings (SSSR count). The largest absolute Gasteiger partial charge is 0.508 e. The Bertz CT molecular complexity index is 1830. The predicted molar refractivity (Wildman–Crippen MR) is 156 cm³/mol. The lowest BCUT2D eigenvalue weighted by molar-refractivity contribution is -0.138. The van der Waals surface area contributed by atoms with E-state index >= 15 is 4.39 Å². The smallest absolute Gasteiger partial charge is 0.319 e. The molecule has 5 heterocycles. The molecule has 44 heavy (non-hydrogen) atoms. The number of β-amino-alcohol motifs (C(OH)–C–C–N with tert-alkyl or cyclic N) is 1. The minimum Gasteiger partial charge on any atom is -0.508 e. The molecule has 0 bridgehead atoms. The zero-order chi connectivity index (χ0) is 31.0. The number of phenolic OH excluding ortho intramolecular Hbond substituents is 1. The Morgan fingerprint density at radius 3 is 2.77 bits per heavy atom. The number of fused-ring (bicyclic) bond motifs is 3. The molecule has 0 saturated carbocycles. The lowest BCUT2D eigenvalue weighted by Crippen LogP contribution is -2.68. The highest BCUT2D eigenvalue weighted by molar-refractivity contribution is 6.02. The Labute approximate surface area is 250 Å². The number of primary amides is 1.